The third kappa shape index (κ3) is 18.0. The van der Waals surface area contributed by atoms with Crippen molar-refractivity contribution in [2.75, 3.05) is 13.1 Å². The number of carbonyl (C=O) groups is 10. The number of hydrogen-bond acceptors (Lipinski definition) is 12. The van der Waals surface area contributed by atoms with Crippen LogP contribution in [0.15, 0.2) is 65.7 Å². The molecule has 24 heteroatoms. The van der Waals surface area contributed by atoms with E-state index >= 15 is 0 Å². The minimum Gasteiger partial charge on any atom is -0.391 e. The van der Waals surface area contributed by atoms with Crippen molar-refractivity contribution in [3.8, 4) is 0 Å². The van der Waals surface area contributed by atoms with Crippen molar-refractivity contribution in [3.63, 3.8) is 0 Å². The van der Waals surface area contributed by atoms with Gasteiger partial charge in [-0.1, -0.05) is 74.5 Å². The number of amides is 10. The molecule has 10 amide bonds. The van der Waals surface area contributed by atoms with Crippen molar-refractivity contribution < 1.29 is 53.1 Å². The Hall–Kier alpha value is -7.63. The molecule has 2 fully saturated rings. The molecule has 24 nitrogen and oxygen atoms in total. The standard InChI is InChI=1S/C48H69N13O11/c1-26(2)22-33(57-44(69)35(24-29-14-8-5-9-15-29)58-41(66)30-18-19-38(64)54-30)42(67)59-34(23-28-12-6-4-7-13-28)43(68)55-31(16-10-20-53-48(51)52)47(72)61-21-11-17-36(61)45(70)60-39(27(3)62)46(71)56-32(40(50)65)25-37(49)63/h4-9,12-15,26-27,30-36,39,62H,10-11,16-25H2,1-3H3,(H2,49,63)(H2,50,65)(H,54,64)(H,55,68)(H,56,71)(H,57,69)(H,58,66)(H,59,67)(H,60,70)(H4,51,52,53)/t27-,30+,31+,32+,33+,34+,35+,36+,39+/m1/s1. The first-order valence-electron chi connectivity index (χ1n) is 23.9. The Kier molecular flexibility index (Phi) is 21.9. The number of guanidine groups is 1. The number of primary amides is 2. The molecule has 0 spiro atoms. The number of benzene rings is 2. The fraction of sp³-hybridized carbons (Fsp3) is 0.521. The molecule has 9 atom stereocenters. The predicted octanol–water partition coefficient (Wildman–Crippen LogP) is -3.51. The van der Waals surface area contributed by atoms with Crippen molar-refractivity contribution in [1.82, 2.24) is 42.1 Å². The zero-order valence-electron chi connectivity index (χ0n) is 40.8. The Bertz CT molecular complexity index is 2280. The maximum absolute atomic E-state index is 14.6. The minimum atomic E-state index is -1.67. The van der Waals surface area contributed by atoms with Gasteiger partial charge < -0.3 is 70.2 Å². The number of aliphatic imine (C=N–C) groups is 1. The average Bonchev–Trinajstić information content (AvgIpc) is 4.00. The lowest BCUT2D eigenvalue weighted by Crippen LogP contribution is -2.61. The van der Waals surface area contributed by atoms with E-state index in [-0.39, 0.29) is 82.2 Å². The fourth-order valence-corrected chi connectivity index (χ4v) is 8.33. The molecule has 0 radical (unpaired) electrons. The number of aliphatic hydroxyl groups excluding tert-OH is 1. The second kappa shape index (κ2) is 27.7. The van der Waals surface area contributed by atoms with E-state index in [4.69, 9.17) is 22.9 Å². The summed E-state index contributed by atoms with van der Waals surface area (Å²) in [4.78, 5) is 139. The first-order chi connectivity index (χ1) is 34.1. The summed E-state index contributed by atoms with van der Waals surface area (Å²) in [6.45, 7) is 4.97. The summed E-state index contributed by atoms with van der Waals surface area (Å²) in [7, 11) is 0. The van der Waals surface area contributed by atoms with Gasteiger partial charge in [-0.2, -0.15) is 0 Å². The molecule has 2 aliphatic heterocycles. The van der Waals surface area contributed by atoms with Gasteiger partial charge in [-0.25, -0.2) is 0 Å². The van der Waals surface area contributed by atoms with Crippen molar-refractivity contribution in [2.24, 2.45) is 33.8 Å². The van der Waals surface area contributed by atoms with Crippen molar-refractivity contribution >= 4 is 65.0 Å². The lowest BCUT2D eigenvalue weighted by Gasteiger charge is -2.31. The zero-order chi connectivity index (χ0) is 53.1. The molecule has 0 unspecified atom stereocenters. The van der Waals surface area contributed by atoms with Gasteiger partial charge in [0.15, 0.2) is 5.96 Å². The SMILES string of the molecule is CC(C)C[C@H](NC(=O)[C@H](Cc1ccccc1)NC(=O)[C@@H]1CCC(=O)N1)C(=O)N[C@@H](Cc1ccccc1)C(=O)N[C@@H](CCCN=C(N)N)C(=O)N1CCC[C@H]1C(=O)N[C@H](C(=O)N[C@@H](CC(N)=O)C(N)=O)[C@@H](C)O. The molecule has 0 bridgehead atoms. The molecule has 2 heterocycles. The molecule has 392 valence electrons. The maximum Gasteiger partial charge on any atom is 0.245 e. The van der Waals surface area contributed by atoms with E-state index in [1.54, 1.807) is 60.7 Å². The summed E-state index contributed by atoms with van der Waals surface area (Å²) >= 11 is 0. The van der Waals surface area contributed by atoms with Crippen LogP contribution in [0.5, 0.6) is 0 Å². The van der Waals surface area contributed by atoms with Gasteiger partial charge in [0.1, 0.15) is 48.3 Å². The second-order valence-corrected chi connectivity index (χ2v) is 18.4. The highest BCUT2D eigenvalue weighted by atomic mass is 16.3. The molecular formula is C48H69N13O11. The smallest absolute Gasteiger partial charge is 0.245 e. The van der Waals surface area contributed by atoms with Crippen molar-refractivity contribution in [2.45, 2.75) is 139 Å². The van der Waals surface area contributed by atoms with Crippen LogP contribution in [0.2, 0.25) is 0 Å². The monoisotopic (exact) mass is 1000 g/mol. The molecular weight excluding hydrogens is 935 g/mol. The molecule has 2 aromatic carbocycles. The Morgan fingerprint density at radius 2 is 1.24 bits per heavy atom. The number of aliphatic hydroxyl groups is 1. The van der Waals surface area contributed by atoms with Crippen LogP contribution in [0.4, 0.5) is 0 Å². The van der Waals surface area contributed by atoms with E-state index in [0.29, 0.717) is 17.5 Å². The quantitative estimate of drug-likeness (QED) is 0.0235. The molecule has 0 aromatic heterocycles. The molecule has 2 aliphatic rings. The number of nitrogens with two attached hydrogens (primary N) is 4. The number of hydrogen-bond donors (Lipinski definition) is 12. The predicted molar refractivity (Wildman–Crippen MR) is 262 cm³/mol. The van der Waals surface area contributed by atoms with E-state index in [9.17, 15) is 53.1 Å². The summed E-state index contributed by atoms with van der Waals surface area (Å²) in [5.74, 6) is -8.07. The van der Waals surface area contributed by atoms with Crippen LogP contribution in [0, 0.1) is 5.92 Å². The molecule has 0 saturated carbocycles. The summed E-state index contributed by atoms with van der Waals surface area (Å²) in [5.41, 5.74) is 22.9. The van der Waals surface area contributed by atoms with Gasteiger partial charge in [-0.15, -0.1) is 0 Å². The van der Waals surface area contributed by atoms with Crippen LogP contribution < -0.4 is 60.2 Å². The van der Waals surface area contributed by atoms with Crippen LogP contribution in [0.3, 0.4) is 0 Å². The van der Waals surface area contributed by atoms with E-state index in [2.05, 4.69) is 42.2 Å². The lowest BCUT2D eigenvalue weighted by atomic mass is 9.99. The Morgan fingerprint density at radius 1 is 0.694 bits per heavy atom. The van der Waals surface area contributed by atoms with Crippen LogP contribution in [0.25, 0.3) is 0 Å². The van der Waals surface area contributed by atoms with Crippen LogP contribution in [0.1, 0.15) is 83.3 Å². The summed E-state index contributed by atoms with van der Waals surface area (Å²) < 4.78 is 0. The van der Waals surface area contributed by atoms with Gasteiger partial charge in [0, 0.05) is 32.4 Å². The Morgan fingerprint density at radius 3 is 1.75 bits per heavy atom. The van der Waals surface area contributed by atoms with Gasteiger partial charge in [-0.05, 0) is 62.5 Å². The molecule has 4 rings (SSSR count). The molecule has 72 heavy (non-hydrogen) atoms. The molecule has 16 N–H and O–H groups in total. The van der Waals surface area contributed by atoms with Gasteiger partial charge in [0.2, 0.25) is 59.1 Å². The van der Waals surface area contributed by atoms with E-state index in [1.807, 2.05) is 13.8 Å². The Labute approximate surface area is 417 Å². The van der Waals surface area contributed by atoms with E-state index in [0.717, 1.165) is 0 Å². The van der Waals surface area contributed by atoms with E-state index in [1.165, 1.54) is 11.8 Å². The molecule has 2 aromatic rings. The van der Waals surface area contributed by atoms with Gasteiger partial charge in [-0.3, -0.25) is 52.9 Å². The average molecular weight is 1000 g/mol. The number of rotatable bonds is 27. The first-order valence-corrected chi connectivity index (χ1v) is 23.9. The summed E-state index contributed by atoms with van der Waals surface area (Å²) in [5, 5.41) is 28.8. The largest absolute Gasteiger partial charge is 0.391 e. The highest BCUT2D eigenvalue weighted by molar-refractivity contribution is 5.99. The molecule has 2 saturated heterocycles. The maximum atomic E-state index is 14.6. The lowest BCUT2D eigenvalue weighted by molar-refractivity contribution is -0.143. The highest BCUT2D eigenvalue weighted by Gasteiger charge is 2.41. The van der Waals surface area contributed by atoms with Crippen molar-refractivity contribution in [1.29, 1.82) is 0 Å². The number of carbonyl (C=O) groups excluding carboxylic acids is 10. The number of likely N-dealkylation sites (tertiary alicyclic amines) is 1. The fourth-order valence-electron chi connectivity index (χ4n) is 8.33. The van der Waals surface area contributed by atoms with Crippen LogP contribution in [-0.2, 0) is 60.8 Å². The van der Waals surface area contributed by atoms with Gasteiger partial charge >= 0.3 is 0 Å². The first kappa shape index (κ1) is 57.0. The number of nitrogens with zero attached hydrogens (tertiary/aromatic N) is 2. The van der Waals surface area contributed by atoms with Gasteiger partial charge in [0.25, 0.3) is 0 Å². The third-order valence-electron chi connectivity index (χ3n) is 12.0. The number of nitrogens with one attached hydrogen (secondary N) is 7. The van der Waals surface area contributed by atoms with E-state index < -0.39 is 114 Å². The van der Waals surface area contributed by atoms with Crippen LogP contribution in [-0.4, -0.2) is 143 Å². The highest BCUT2D eigenvalue weighted by Crippen LogP contribution is 2.21. The third-order valence-corrected chi connectivity index (χ3v) is 12.0. The van der Waals surface area contributed by atoms with Crippen LogP contribution >= 0.6 is 0 Å². The zero-order valence-corrected chi connectivity index (χ0v) is 40.8. The molecule has 0 aliphatic carbocycles. The normalized spacial score (nSPS) is 18.1. The van der Waals surface area contributed by atoms with Gasteiger partial charge in [0.05, 0.1) is 12.5 Å². The Balaban J connectivity index is 1.59. The summed E-state index contributed by atoms with van der Waals surface area (Å²) in [6, 6.07) is 7.33. The van der Waals surface area contributed by atoms with Crippen molar-refractivity contribution in [3.05, 3.63) is 71.8 Å². The minimum absolute atomic E-state index is 0.0453. The second-order valence-electron chi connectivity index (χ2n) is 18.4. The summed E-state index contributed by atoms with van der Waals surface area (Å²) in [6.07, 6.45) is -1.10. The topological polar surface area (TPSA) is 395 Å².